The third kappa shape index (κ3) is 2.36. The van der Waals surface area contributed by atoms with E-state index in [0.29, 0.717) is 5.56 Å². The topological polar surface area (TPSA) is 29.5 Å². The van der Waals surface area contributed by atoms with Crippen LogP contribution in [-0.4, -0.2) is 17.3 Å². The molecular formula is C12H15FO2. The normalized spacial score (nSPS) is 27.9. The molecule has 3 unspecified atom stereocenters. The monoisotopic (exact) mass is 210 g/mol. The lowest BCUT2D eigenvalue weighted by Crippen LogP contribution is -2.18. The van der Waals surface area contributed by atoms with Crippen molar-refractivity contribution in [3.05, 3.63) is 35.6 Å². The predicted octanol–water partition coefficient (Wildman–Crippen LogP) is 2.43. The van der Waals surface area contributed by atoms with Gasteiger partial charge >= 0.3 is 0 Å². The fourth-order valence-electron chi connectivity index (χ4n) is 1.97. The smallest absolute Gasteiger partial charge is 0.123 e. The molecule has 1 aliphatic heterocycles. The van der Waals surface area contributed by atoms with Crippen LogP contribution < -0.4 is 0 Å². The minimum Gasteiger partial charge on any atom is -0.386 e. The van der Waals surface area contributed by atoms with Gasteiger partial charge in [0, 0.05) is 0 Å². The van der Waals surface area contributed by atoms with Crippen LogP contribution in [0.2, 0.25) is 0 Å². The van der Waals surface area contributed by atoms with Crippen LogP contribution >= 0.6 is 0 Å². The minimum atomic E-state index is -0.717. The first-order valence-corrected chi connectivity index (χ1v) is 5.26. The Morgan fingerprint density at radius 3 is 2.87 bits per heavy atom. The number of rotatable bonds is 2. The van der Waals surface area contributed by atoms with Gasteiger partial charge in [0.1, 0.15) is 11.9 Å². The Balaban J connectivity index is 2.10. The summed E-state index contributed by atoms with van der Waals surface area (Å²) in [5, 5.41) is 9.97. The Morgan fingerprint density at radius 2 is 2.27 bits per heavy atom. The zero-order valence-corrected chi connectivity index (χ0v) is 8.69. The van der Waals surface area contributed by atoms with Crippen molar-refractivity contribution >= 4 is 0 Å². The van der Waals surface area contributed by atoms with Crippen LogP contribution in [-0.2, 0) is 4.74 Å². The SMILES string of the molecule is CC1CCC(C(O)c2cccc(F)c2)O1. The van der Waals surface area contributed by atoms with Gasteiger partial charge in [0.2, 0.25) is 0 Å². The Kier molecular flexibility index (Phi) is 3.03. The number of aliphatic hydroxyl groups excluding tert-OH is 1. The van der Waals surface area contributed by atoms with E-state index in [9.17, 15) is 9.50 Å². The fourth-order valence-corrected chi connectivity index (χ4v) is 1.97. The summed E-state index contributed by atoms with van der Waals surface area (Å²) in [6, 6.07) is 6.05. The van der Waals surface area contributed by atoms with Crippen molar-refractivity contribution in [1.29, 1.82) is 0 Å². The van der Waals surface area contributed by atoms with E-state index < -0.39 is 6.10 Å². The maximum Gasteiger partial charge on any atom is 0.123 e. The molecule has 0 amide bonds. The second-order valence-corrected chi connectivity index (χ2v) is 4.06. The highest BCUT2D eigenvalue weighted by Gasteiger charge is 2.29. The lowest BCUT2D eigenvalue weighted by Gasteiger charge is -2.18. The van der Waals surface area contributed by atoms with Crippen molar-refractivity contribution in [2.75, 3.05) is 0 Å². The molecule has 0 aliphatic carbocycles. The third-order valence-corrected chi connectivity index (χ3v) is 2.81. The van der Waals surface area contributed by atoms with Gasteiger partial charge in [0.25, 0.3) is 0 Å². The number of aliphatic hydroxyl groups is 1. The molecule has 1 aliphatic rings. The molecule has 1 saturated heterocycles. The van der Waals surface area contributed by atoms with E-state index in [-0.39, 0.29) is 18.0 Å². The largest absolute Gasteiger partial charge is 0.386 e. The highest BCUT2D eigenvalue weighted by Crippen LogP contribution is 2.29. The summed E-state index contributed by atoms with van der Waals surface area (Å²) in [6.45, 7) is 1.98. The lowest BCUT2D eigenvalue weighted by atomic mass is 10.0. The Morgan fingerprint density at radius 1 is 1.47 bits per heavy atom. The van der Waals surface area contributed by atoms with Gasteiger partial charge in [-0.15, -0.1) is 0 Å². The first kappa shape index (κ1) is 10.6. The van der Waals surface area contributed by atoms with Crippen molar-refractivity contribution in [2.45, 2.75) is 38.1 Å². The van der Waals surface area contributed by atoms with Gasteiger partial charge in [0.15, 0.2) is 0 Å². The number of benzene rings is 1. The quantitative estimate of drug-likeness (QED) is 0.812. The summed E-state index contributed by atoms with van der Waals surface area (Å²) >= 11 is 0. The molecule has 3 atom stereocenters. The third-order valence-electron chi connectivity index (χ3n) is 2.81. The van der Waals surface area contributed by atoms with Crippen LogP contribution in [0.25, 0.3) is 0 Å². The molecule has 0 saturated carbocycles. The number of halogens is 1. The first-order chi connectivity index (χ1) is 7.16. The van der Waals surface area contributed by atoms with Crippen LogP contribution in [0.1, 0.15) is 31.4 Å². The summed E-state index contributed by atoms with van der Waals surface area (Å²) < 4.78 is 18.5. The molecule has 3 heteroatoms. The summed E-state index contributed by atoms with van der Waals surface area (Å²) in [5.41, 5.74) is 0.592. The van der Waals surface area contributed by atoms with Gasteiger partial charge in [-0.05, 0) is 37.5 Å². The van der Waals surface area contributed by atoms with Crippen molar-refractivity contribution in [3.8, 4) is 0 Å². The molecular weight excluding hydrogens is 195 g/mol. The Hall–Kier alpha value is -0.930. The molecule has 2 nitrogen and oxygen atoms in total. The van der Waals surface area contributed by atoms with Crippen LogP contribution in [0.15, 0.2) is 24.3 Å². The summed E-state index contributed by atoms with van der Waals surface area (Å²) in [6.07, 6.45) is 1.07. The van der Waals surface area contributed by atoms with Gasteiger partial charge in [-0.25, -0.2) is 4.39 Å². The first-order valence-electron chi connectivity index (χ1n) is 5.26. The van der Waals surface area contributed by atoms with Gasteiger partial charge in [0.05, 0.1) is 12.2 Å². The van der Waals surface area contributed by atoms with Gasteiger partial charge in [-0.2, -0.15) is 0 Å². The van der Waals surface area contributed by atoms with Crippen molar-refractivity contribution < 1.29 is 14.2 Å². The predicted molar refractivity (Wildman–Crippen MR) is 54.9 cm³/mol. The van der Waals surface area contributed by atoms with E-state index in [2.05, 4.69) is 0 Å². The number of hydrogen-bond donors (Lipinski definition) is 1. The molecule has 2 rings (SSSR count). The minimum absolute atomic E-state index is 0.193. The fraction of sp³-hybridized carbons (Fsp3) is 0.500. The maximum atomic E-state index is 12.9. The Labute approximate surface area is 88.7 Å². The molecule has 0 spiro atoms. The van der Waals surface area contributed by atoms with Gasteiger partial charge in [-0.3, -0.25) is 0 Å². The zero-order valence-electron chi connectivity index (χ0n) is 8.69. The molecule has 1 fully saturated rings. The molecule has 15 heavy (non-hydrogen) atoms. The van der Waals surface area contributed by atoms with Gasteiger partial charge < -0.3 is 9.84 Å². The average Bonchev–Trinajstić information content (AvgIpc) is 2.64. The standard InChI is InChI=1S/C12H15FO2/c1-8-5-6-11(15-8)12(14)9-3-2-4-10(13)7-9/h2-4,7-8,11-12,14H,5-6H2,1H3. The molecule has 1 N–H and O–H groups in total. The molecule has 0 aromatic heterocycles. The Bertz CT molecular complexity index is 340. The second-order valence-electron chi connectivity index (χ2n) is 4.06. The van der Waals surface area contributed by atoms with Crippen molar-refractivity contribution in [2.24, 2.45) is 0 Å². The van der Waals surface area contributed by atoms with Crippen molar-refractivity contribution in [3.63, 3.8) is 0 Å². The highest BCUT2D eigenvalue weighted by atomic mass is 19.1. The van der Waals surface area contributed by atoms with E-state index in [0.717, 1.165) is 12.8 Å². The van der Waals surface area contributed by atoms with Crippen molar-refractivity contribution in [1.82, 2.24) is 0 Å². The number of ether oxygens (including phenoxy) is 1. The van der Waals surface area contributed by atoms with E-state index in [1.807, 2.05) is 6.92 Å². The highest BCUT2D eigenvalue weighted by molar-refractivity contribution is 5.20. The molecule has 1 heterocycles. The van der Waals surface area contributed by atoms with E-state index in [1.54, 1.807) is 12.1 Å². The van der Waals surface area contributed by atoms with Crippen LogP contribution in [0.4, 0.5) is 4.39 Å². The molecule has 1 aromatic rings. The van der Waals surface area contributed by atoms with Crippen LogP contribution in [0.5, 0.6) is 0 Å². The van der Waals surface area contributed by atoms with Crippen LogP contribution in [0, 0.1) is 5.82 Å². The van der Waals surface area contributed by atoms with E-state index in [1.165, 1.54) is 12.1 Å². The van der Waals surface area contributed by atoms with E-state index in [4.69, 9.17) is 4.74 Å². The van der Waals surface area contributed by atoms with Gasteiger partial charge in [-0.1, -0.05) is 12.1 Å². The number of hydrogen-bond acceptors (Lipinski definition) is 2. The summed E-state index contributed by atoms with van der Waals surface area (Å²) in [4.78, 5) is 0. The molecule has 0 bridgehead atoms. The summed E-state index contributed by atoms with van der Waals surface area (Å²) in [7, 11) is 0. The summed E-state index contributed by atoms with van der Waals surface area (Å²) in [5.74, 6) is -0.322. The maximum absolute atomic E-state index is 12.9. The lowest BCUT2D eigenvalue weighted by molar-refractivity contribution is -0.0298. The van der Waals surface area contributed by atoms with E-state index >= 15 is 0 Å². The second kappa shape index (κ2) is 4.29. The molecule has 0 radical (unpaired) electrons. The molecule has 82 valence electrons. The van der Waals surface area contributed by atoms with Crippen LogP contribution in [0.3, 0.4) is 0 Å². The molecule has 1 aromatic carbocycles. The zero-order chi connectivity index (χ0) is 10.8. The average molecular weight is 210 g/mol.